The van der Waals surface area contributed by atoms with E-state index in [4.69, 9.17) is 0 Å². The second-order valence-corrected chi connectivity index (χ2v) is 27.5. The minimum atomic E-state index is -1.60. The highest BCUT2D eigenvalue weighted by Gasteiger charge is 2.42. The van der Waals surface area contributed by atoms with Gasteiger partial charge in [-0.25, -0.2) is 9.78 Å². The fourth-order valence-electron chi connectivity index (χ4n) is 12.5. The Morgan fingerprint density at radius 3 is 1.56 bits per heavy atom. The monoisotopic (exact) mass is 1580 g/mol. The summed E-state index contributed by atoms with van der Waals surface area (Å²) in [4.78, 5) is 228. The summed E-state index contributed by atoms with van der Waals surface area (Å²) in [5.41, 5.74) is 2.18. The van der Waals surface area contributed by atoms with Gasteiger partial charge in [-0.2, -0.15) is 25.3 Å². The maximum atomic E-state index is 14.7. The SMILES string of the molecule is CC(C)C[C@H](NC(=O)[C@H](CS)NC(=O)CN(CCN(CCN(CC(=O)O)CC(=O)O)CC(=O)O)CC(=O)O)C(=O)N1CCC[C@H]1C(=O)NCC(=O)N[C@@H](Cc1cnc[nH]1)C(=O)N[C@@H](Cc1c[nH]c2ccccc12)C(=O)NCC(=O)N[C@@H](Cc1ccccc1)C(=O)N1CCC[C@H]1C(=O)N[C@@H](CO)C(=O)N[C@@H](CS)C(=O)O. The molecule has 4 aromatic rings. The van der Waals surface area contributed by atoms with Gasteiger partial charge < -0.3 is 98.3 Å². The van der Waals surface area contributed by atoms with Crippen LogP contribution in [-0.4, -0.2) is 322 Å². The number of nitrogens with zero attached hydrogens (tertiary/aromatic N) is 6. The number of imidazole rings is 1. The molecule has 11 amide bonds. The summed E-state index contributed by atoms with van der Waals surface area (Å²) in [6.07, 6.45) is 4.73. The lowest BCUT2D eigenvalue weighted by molar-refractivity contribution is -0.143. The van der Waals surface area contributed by atoms with Crippen molar-refractivity contribution in [1.29, 1.82) is 0 Å². The average Bonchev–Trinajstić information content (AvgIpc) is 1.66. The van der Waals surface area contributed by atoms with E-state index in [0.29, 0.717) is 40.6 Å². The molecule has 0 unspecified atom stereocenters. The van der Waals surface area contributed by atoms with Gasteiger partial charge >= 0.3 is 29.8 Å². The van der Waals surface area contributed by atoms with E-state index in [0.717, 1.165) is 9.80 Å². The number of carboxylic acids is 5. The van der Waals surface area contributed by atoms with Gasteiger partial charge in [-0.1, -0.05) is 62.4 Å². The fourth-order valence-corrected chi connectivity index (χ4v) is 13.0. The average molecular weight is 1580 g/mol. The molecule has 39 nitrogen and oxygen atoms in total. The molecule has 4 heterocycles. The standard InChI is InChI=1S/C69H95N17O22S2/c1-39(2)22-47(79-64(102)50(36-109)77-56(90)30-83(32-58(93)94)20-18-82(31-57(91)92)19-21-84(33-59(95)96)34-60(97)98)67(105)85-16-8-14-52(85)65(103)73-29-54(88)75-46(25-42-27-70-38-74-42)62(100)78-45(24-41-26-71-44-13-7-6-12-43(41)44)61(99)72-28-55(89)76-48(23-40-10-4-3-5-11-40)68(106)86-17-9-15-53(86)66(104)80-49(35-87)63(101)81-51(37-110)69(107)108/h3-7,10-13,26-27,38-39,45-53,71,87,109-110H,8-9,14-25,28-37H2,1-2H3,(H,70,74)(H,72,99)(H,73,103)(H,75,88)(H,76,89)(H,77,90)(H,78,100)(H,79,102)(H,80,104)(H,81,101)(H,91,92)(H,93,94)(H,95,96)(H,97,98)(H,107,108)/t45-,46-,47-,48-,49-,50-,51-,52-,53-/m0/s1. The molecule has 2 aromatic carbocycles. The van der Waals surface area contributed by atoms with Gasteiger partial charge in [0.05, 0.1) is 58.7 Å². The van der Waals surface area contributed by atoms with Crippen LogP contribution in [0.5, 0.6) is 0 Å². The molecule has 0 bridgehead atoms. The van der Waals surface area contributed by atoms with Crippen LogP contribution in [0, 0.1) is 5.92 Å². The van der Waals surface area contributed by atoms with Gasteiger partial charge in [-0.3, -0.25) is 86.6 Å². The number of nitrogens with one attached hydrogen (secondary N) is 11. The predicted molar refractivity (Wildman–Crippen MR) is 395 cm³/mol. The number of rotatable bonds is 47. The highest BCUT2D eigenvalue weighted by molar-refractivity contribution is 7.80. The molecule has 2 aromatic heterocycles. The summed E-state index contributed by atoms with van der Waals surface area (Å²) >= 11 is 8.17. The molecular formula is C69H95N17O22S2. The first-order chi connectivity index (χ1) is 52.4. The van der Waals surface area contributed by atoms with Crippen LogP contribution < -0.4 is 47.9 Å². The van der Waals surface area contributed by atoms with Gasteiger partial charge in [0.25, 0.3) is 0 Å². The van der Waals surface area contributed by atoms with E-state index in [-0.39, 0.29) is 95.2 Å². The lowest BCUT2D eigenvalue weighted by Crippen LogP contribution is -2.59. The fraction of sp³-hybridized carbons (Fsp3) is 0.522. The third-order valence-electron chi connectivity index (χ3n) is 17.8. The number of likely N-dealkylation sites (tertiary alicyclic amines) is 2. The van der Waals surface area contributed by atoms with Gasteiger partial charge in [0.2, 0.25) is 65.0 Å². The normalized spacial score (nSPS) is 16.0. The first-order valence-corrected chi connectivity index (χ1v) is 36.5. The van der Waals surface area contributed by atoms with Gasteiger partial charge in [0.15, 0.2) is 0 Å². The molecule has 2 aliphatic rings. The van der Waals surface area contributed by atoms with Crippen molar-refractivity contribution in [2.75, 3.05) is 103 Å². The maximum Gasteiger partial charge on any atom is 0.327 e. The van der Waals surface area contributed by atoms with Crippen molar-refractivity contribution in [2.45, 2.75) is 120 Å². The molecule has 0 aliphatic carbocycles. The zero-order valence-electron chi connectivity index (χ0n) is 60.5. The van der Waals surface area contributed by atoms with Gasteiger partial charge in [0, 0.05) is 99.0 Å². The first-order valence-electron chi connectivity index (χ1n) is 35.3. The number of carbonyl (C=O) groups is 16. The van der Waals surface area contributed by atoms with Crippen molar-refractivity contribution in [3.63, 3.8) is 0 Å². The van der Waals surface area contributed by atoms with Gasteiger partial charge in [-0.05, 0) is 55.2 Å². The minimum Gasteiger partial charge on any atom is -0.480 e. The number of hydrogen-bond donors (Lipinski definition) is 19. The zero-order valence-corrected chi connectivity index (χ0v) is 62.3. The third-order valence-corrected chi connectivity index (χ3v) is 18.6. The number of benzene rings is 2. The number of carbonyl (C=O) groups excluding carboxylic acids is 11. The van der Waals surface area contributed by atoms with Crippen LogP contribution in [0.3, 0.4) is 0 Å². The molecule has 600 valence electrons. The third kappa shape index (κ3) is 28.4. The summed E-state index contributed by atoms with van der Waals surface area (Å²) in [6.45, 7) is -2.88. The summed E-state index contributed by atoms with van der Waals surface area (Å²) in [5.74, 6) is -16.9. The van der Waals surface area contributed by atoms with E-state index in [1.165, 1.54) is 27.2 Å². The van der Waals surface area contributed by atoms with Crippen molar-refractivity contribution < 1.29 is 107 Å². The Bertz CT molecular complexity index is 3870. The second kappa shape index (κ2) is 44.0. The van der Waals surface area contributed by atoms with Crippen LogP contribution in [0.2, 0.25) is 0 Å². The van der Waals surface area contributed by atoms with Crippen molar-refractivity contribution in [2.24, 2.45) is 5.92 Å². The number of fused-ring (bicyclic) bond motifs is 1. The Kier molecular flexibility index (Phi) is 35.3. The largest absolute Gasteiger partial charge is 0.480 e. The van der Waals surface area contributed by atoms with E-state index in [1.807, 2.05) is 0 Å². The number of H-pyrrole nitrogens is 2. The van der Waals surface area contributed by atoms with Crippen LogP contribution in [-0.2, 0) is 96.0 Å². The number of aromatic amines is 2. The molecule has 0 saturated carbocycles. The number of thiol groups is 2. The molecule has 41 heteroatoms. The summed E-state index contributed by atoms with van der Waals surface area (Å²) < 4.78 is 0. The van der Waals surface area contributed by atoms with Crippen molar-refractivity contribution in [3.8, 4) is 0 Å². The van der Waals surface area contributed by atoms with Crippen LogP contribution in [0.15, 0.2) is 73.3 Å². The zero-order chi connectivity index (χ0) is 80.7. The number of carboxylic acid groups (broad SMARTS) is 5. The lowest BCUT2D eigenvalue weighted by atomic mass is 10.0. The van der Waals surface area contributed by atoms with E-state index >= 15 is 0 Å². The van der Waals surface area contributed by atoms with Crippen molar-refractivity contribution in [1.82, 2.24) is 87.3 Å². The summed E-state index contributed by atoms with van der Waals surface area (Å²) in [6, 6.07) is 3.23. The molecule has 2 saturated heterocycles. The second-order valence-electron chi connectivity index (χ2n) is 26.7. The number of aliphatic hydroxyl groups is 1. The molecule has 17 N–H and O–H groups in total. The maximum absolute atomic E-state index is 14.7. The molecule has 110 heavy (non-hydrogen) atoms. The number of amides is 11. The molecule has 0 spiro atoms. The number of hydrogen-bond acceptors (Lipinski definition) is 23. The summed E-state index contributed by atoms with van der Waals surface area (Å²) in [5, 5.41) is 80.6. The molecule has 9 atom stereocenters. The Balaban J connectivity index is 1.10. The lowest BCUT2D eigenvalue weighted by Gasteiger charge is -2.30. The Morgan fingerprint density at radius 1 is 0.509 bits per heavy atom. The van der Waals surface area contributed by atoms with E-state index in [1.54, 1.807) is 74.6 Å². The minimum absolute atomic E-state index is 0.0376. The van der Waals surface area contributed by atoms with Gasteiger partial charge in [0.1, 0.15) is 54.4 Å². The topological polar surface area (TPSA) is 563 Å². The van der Waals surface area contributed by atoms with E-state index < -0.39 is 202 Å². The molecule has 6 rings (SSSR count). The van der Waals surface area contributed by atoms with Crippen molar-refractivity contribution >= 4 is 131 Å². The van der Waals surface area contributed by atoms with Crippen molar-refractivity contribution in [3.05, 3.63) is 90.1 Å². The smallest absolute Gasteiger partial charge is 0.327 e. The Morgan fingerprint density at radius 2 is 1.00 bits per heavy atom. The number of aliphatic hydroxyl groups excluding tert-OH is 1. The molecule has 2 fully saturated rings. The van der Waals surface area contributed by atoms with Crippen LogP contribution in [0.4, 0.5) is 0 Å². The Labute approximate surface area is 641 Å². The molecular weight excluding hydrogens is 1480 g/mol. The summed E-state index contributed by atoms with van der Waals surface area (Å²) in [7, 11) is 0. The van der Waals surface area contributed by atoms with E-state index in [2.05, 4.69) is 88.1 Å². The van der Waals surface area contributed by atoms with Crippen LogP contribution in [0.25, 0.3) is 10.9 Å². The number of aliphatic carboxylic acids is 5. The first kappa shape index (κ1) is 88.2. The number of para-hydroxylation sites is 1. The molecule has 0 radical (unpaired) electrons. The number of aromatic nitrogens is 3. The quantitative estimate of drug-likeness (QED) is 0.0184. The van der Waals surface area contributed by atoms with Crippen LogP contribution in [0.1, 0.15) is 62.8 Å². The van der Waals surface area contributed by atoms with Crippen LogP contribution >= 0.6 is 25.3 Å². The Hall–Kier alpha value is -10.8. The van der Waals surface area contributed by atoms with E-state index in [9.17, 15) is 107 Å². The highest BCUT2D eigenvalue weighted by atomic mass is 32.1. The van der Waals surface area contributed by atoms with Gasteiger partial charge in [-0.15, -0.1) is 0 Å². The molecule has 2 aliphatic heterocycles. The predicted octanol–water partition coefficient (Wildman–Crippen LogP) is -5.25. The highest BCUT2D eigenvalue weighted by Crippen LogP contribution is 2.24.